The zero-order valence-corrected chi connectivity index (χ0v) is 12.9. The summed E-state index contributed by atoms with van der Waals surface area (Å²) in [6, 6.07) is 6.27. The Labute approximate surface area is 122 Å². The van der Waals surface area contributed by atoms with Crippen LogP contribution in [0.3, 0.4) is 0 Å². The zero-order chi connectivity index (χ0) is 14.5. The summed E-state index contributed by atoms with van der Waals surface area (Å²) in [4.78, 5) is 0. The molecule has 0 spiro atoms. The van der Waals surface area contributed by atoms with Gasteiger partial charge in [0.25, 0.3) is 0 Å². The average Bonchev–Trinajstić information content (AvgIpc) is 3.19. The molecule has 3 heteroatoms. The van der Waals surface area contributed by atoms with Crippen LogP contribution in [-0.2, 0) is 0 Å². The highest BCUT2D eigenvalue weighted by atomic mass is 16.5. The van der Waals surface area contributed by atoms with E-state index in [4.69, 9.17) is 15.2 Å². The van der Waals surface area contributed by atoms with Crippen LogP contribution in [-0.4, -0.2) is 13.2 Å². The summed E-state index contributed by atoms with van der Waals surface area (Å²) in [5.74, 6) is 3.04. The van der Waals surface area contributed by atoms with Crippen molar-refractivity contribution in [1.82, 2.24) is 0 Å². The van der Waals surface area contributed by atoms with Crippen molar-refractivity contribution in [3.8, 4) is 11.5 Å². The molecule has 2 rings (SSSR count). The lowest BCUT2D eigenvalue weighted by Gasteiger charge is -2.17. The fourth-order valence-corrected chi connectivity index (χ4v) is 2.49. The van der Waals surface area contributed by atoms with Crippen LogP contribution >= 0.6 is 0 Å². The van der Waals surface area contributed by atoms with E-state index in [1.165, 1.54) is 6.42 Å². The summed E-state index contributed by atoms with van der Waals surface area (Å²) in [5, 5.41) is 0. The van der Waals surface area contributed by atoms with Crippen molar-refractivity contribution in [2.45, 2.75) is 46.1 Å². The first-order chi connectivity index (χ1) is 9.67. The maximum atomic E-state index is 6.34. The molecule has 1 aliphatic rings. The first-order valence-electron chi connectivity index (χ1n) is 7.82. The van der Waals surface area contributed by atoms with Crippen LogP contribution in [0.15, 0.2) is 18.2 Å². The molecule has 0 saturated heterocycles. The molecular weight excluding hydrogens is 250 g/mol. The van der Waals surface area contributed by atoms with Crippen molar-refractivity contribution >= 4 is 0 Å². The number of ether oxygens (including phenoxy) is 2. The molecular formula is C17H27NO2. The Kier molecular flexibility index (Phi) is 5.30. The van der Waals surface area contributed by atoms with Crippen molar-refractivity contribution in [3.05, 3.63) is 23.8 Å². The van der Waals surface area contributed by atoms with Crippen LogP contribution in [0, 0.1) is 11.8 Å². The maximum Gasteiger partial charge on any atom is 0.161 e. The molecule has 0 heterocycles. The second-order valence-corrected chi connectivity index (χ2v) is 5.81. The van der Waals surface area contributed by atoms with Crippen molar-refractivity contribution in [2.75, 3.05) is 13.2 Å². The average molecular weight is 277 g/mol. The van der Waals surface area contributed by atoms with Gasteiger partial charge in [-0.25, -0.2) is 0 Å². The van der Waals surface area contributed by atoms with Gasteiger partial charge in [0.15, 0.2) is 11.5 Å². The Morgan fingerprint density at radius 3 is 2.30 bits per heavy atom. The third kappa shape index (κ3) is 3.66. The predicted molar refractivity (Wildman–Crippen MR) is 82.2 cm³/mol. The minimum absolute atomic E-state index is 0.120. The largest absolute Gasteiger partial charge is 0.490 e. The molecule has 0 bridgehead atoms. The first kappa shape index (κ1) is 15.2. The smallest absolute Gasteiger partial charge is 0.161 e. The van der Waals surface area contributed by atoms with Crippen LogP contribution < -0.4 is 15.2 Å². The molecule has 0 amide bonds. The monoisotopic (exact) mass is 277 g/mol. The van der Waals surface area contributed by atoms with Gasteiger partial charge < -0.3 is 15.2 Å². The Balaban J connectivity index is 2.13. The van der Waals surface area contributed by atoms with Crippen LogP contribution in [0.5, 0.6) is 11.5 Å². The highest BCUT2D eigenvalue weighted by Crippen LogP contribution is 2.46. The van der Waals surface area contributed by atoms with Crippen molar-refractivity contribution in [1.29, 1.82) is 0 Å². The second-order valence-electron chi connectivity index (χ2n) is 5.81. The number of nitrogens with two attached hydrogens (primary N) is 1. The normalized spacial score (nSPS) is 22.4. The van der Waals surface area contributed by atoms with E-state index in [-0.39, 0.29) is 6.04 Å². The van der Waals surface area contributed by atoms with Crippen molar-refractivity contribution < 1.29 is 9.47 Å². The molecule has 20 heavy (non-hydrogen) atoms. The van der Waals surface area contributed by atoms with E-state index in [9.17, 15) is 0 Å². The lowest BCUT2D eigenvalue weighted by Crippen LogP contribution is -2.14. The van der Waals surface area contributed by atoms with Gasteiger partial charge in [-0.2, -0.15) is 0 Å². The van der Waals surface area contributed by atoms with Crippen LogP contribution in [0.4, 0.5) is 0 Å². The van der Waals surface area contributed by atoms with Gasteiger partial charge in [0, 0.05) is 6.04 Å². The fourth-order valence-electron chi connectivity index (χ4n) is 2.49. The molecule has 112 valence electrons. The zero-order valence-electron chi connectivity index (χ0n) is 12.9. The van der Waals surface area contributed by atoms with Gasteiger partial charge in [0.2, 0.25) is 0 Å². The SMILES string of the molecule is CCCOc1ccc(C(N)C2CC2C)cc1OCCC. The third-order valence-electron chi connectivity index (χ3n) is 3.91. The number of hydrogen-bond donors (Lipinski definition) is 1. The number of hydrogen-bond acceptors (Lipinski definition) is 3. The van der Waals surface area contributed by atoms with E-state index in [1.54, 1.807) is 0 Å². The topological polar surface area (TPSA) is 44.5 Å². The molecule has 1 fully saturated rings. The van der Waals surface area contributed by atoms with Crippen LogP contribution in [0.1, 0.15) is 51.6 Å². The van der Waals surface area contributed by atoms with Gasteiger partial charge in [-0.1, -0.05) is 26.8 Å². The summed E-state index contributed by atoms with van der Waals surface area (Å²) in [6.07, 6.45) is 3.22. The van der Waals surface area contributed by atoms with Crippen molar-refractivity contribution in [3.63, 3.8) is 0 Å². The molecule has 1 saturated carbocycles. The number of benzene rings is 1. The van der Waals surface area contributed by atoms with Crippen LogP contribution in [0.2, 0.25) is 0 Å². The van der Waals surface area contributed by atoms with Gasteiger partial charge in [0.1, 0.15) is 0 Å². The highest BCUT2D eigenvalue weighted by molar-refractivity contribution is 5.44. The van der Waals surface area contributed by atoms with Gasteiger partial charge in [-0.3, -0.25) is 0 Å². The first-order valence-corrected chi connectivity index (χ1v) is 7.82. The second kappa shape index (κ2) is 6.98. The molecule has 0 radical (unpaired) electrons. The van der Waals surface area contributed by atoms with E-state index < -0.39 is 0 Å². The maximum absolute atomic E-state index is 6.34. The van der Waals surface area contributed by atoms with Crippen LogP contribution in [0.25, 0.3) is 0 Å². The third-order valence-corrected chi connectivity index (χ3v) is 3.91. The van der Waals surface area contributed by atoms with E-state index in [0.29, 0.717) is 19.1 Å². The number of rotatable bonds is 8. The van der Waals surface area contributed by atoms with E-state index in [2.05, 4.69) is 32.9 Å². The van der Waals surface area contributed by atoms with Crippen molar-refractivity contribution in [2.24, 2.45) is 17.6 Å². The van der Waals surface area contributed by atoms with E-state index in [0.717, 1.165) is 35.8 Å². The molecule has 1 aromatic carbocycles. The Hall–Kier alpha value is -1.22. The predicted octanol–water partition coefficient (Wildman–Crippen LogP) is 3.92. The molecule has 0 aliphatic heterocycles. The minimum Gasteiger partial charge on any atom is -0.490 e. The van der Waals surface area contributed by atoms with E-state index in [1.807, 2.05) is 6.07 Å². The lowest BCUT2D eigenvalue weighted by atomic mass is 10.0. The summed E-state index contributed by atoms with van der Waals surface area (Å²) < 4.78 is 11.6. The Morgan fingerprint density at radius 1 is 1.15 bits per heavy atom. The molecule has 3 atom stereocenters. The molecule has 1 aromatic rings. The summed E-state index contributed by atoms with van der Waals surface area (Å²) in [6.45, 7) is 7.89. The molecule has 0 aromatic heterocycles. The highest BCUT2D eigenvalue weighted by Gasteiger charge is 2.38. The summed E-state index contributed by atoms with van der Waals surface area (Å²) in [7, 11) is 0. The minimum atomic E-state index is 0.120. The summed E-state index contributed by atoms with van der Waals surface area (Å²) >= 11 is 0. The standard InChI is InChI=1S/C17H27NO2/c1-4-8-19-15-7-6-13(11-16(15)20-9-5-2)17(18)14-10-12(14)3/h6-7,11-12,14,17H,4-5,8-10,18H2,1-3H3. The molecule has 3 unspecified atom stereocenters. The molecule has 3 nitrogen and oxygen atoms in total. The van der Waals surface area contributed by atoms with Gasteiger partial charge in [-0.05, 0) is 48.8 Å². The van der Waals surface area contributed by atoms with Gasteiger partial charge in [-0.15, -0.1) is 0 Å². The summed E-state index contributed by atoms with van der Waals surface area (Å²) in [5.41, 5.74) is 7.50. The molecule has 1 aliphatic carbocycles. The Bertz CT molecular complexity index is 433. The molecule has 2 N–H and O–H groups in total. The van der Waals surface area contributed by atoms with E-state index >= 15 is 0 Å². The quantitative estimate of drug-likeness (QED) is 0.783. The fraction of sp³-hybridized carbons (Fsp3) is 0.647. The van der Waals surface area contributed by atoms with Gasteiger partial charge in [0.05, 0.1) is 13.2 Å². The van der Waals surface area contributed by atoms with Gasteiger partial charge >= 0.3 is 0 Å². The lowest BCUT2D eigenvalue weighted by molar-refractivity contribution is 0.268. The Morgan fingerprint density at radius 2 is 1.75 bits per heavy atom.